The largest absolute Gasteiger partial charge is 0.451 e. The number of halogens is 1. The van der Waals surface area contributed by atoms with Gasteiger partial charge < -0.3 is 9.73 Å². The van der Waals surface area contributed by atoms with Gasteiger partial charge in [0.1, 0.15) is 5.76 Å². The number of aryl methyl sites for hydroxylation is 2. The molecule has 0 spiro atoms. The number of anilines is 1. The Hall–Kier alpha value is -3.31. The van der Waals surface area contributed by atoms with Crippen molar-refractivity contribution in [2.75, 3.05) is 5.32 Å². The maximum absolute atomic E-state index is 12.8. The molecule has 0 saturated heterocycles. The van der Waals surface area contributed by atoms with Crippen LogP contribution >= 0.6 is 11.6 Å². The van der Waals surface area contributed by atoms with Crippen LogP contribution in [0.1, 0.15) is 27.5 Å². The van der Waals surface area contributed by atoms with E-state index in [-0.39, 0.29) is 11.7 Å². The Morgan fingerprint density at radius 1 is 1.00 bits per heavy atom. The van der Waals surface area contributed by atoms with Gasteiger partial charge in [-0.3, -0.25) is 4.79 Å². The number of hydrogen-bond donors (Lipinski definition) is 1. The van der Waals surface area contributed by atoms with Crippen LogP contribution in [0, 0.1) is 20.8 Å². The molecule has 0 aliphatic carbocycles. The standard InChI is InChI=1S/C23H20ClN3O2/c1-14-8-10-17(11-9-14)27-16(3)22(15(2)26-27)25-23(28)21-13-12-20(29-21)18-6-4-5-7-19(18)24/h4-13H,1-3H3,(H,25,28). The van der Waals surface area contributed by atoms with E-state index in [1.807, 2.05) is 67.9 Å². The van der Waals surface area contributed by atoms with Crippen LogP contribution in [0.3, 0.4) is 0 Å². The van der Waals surface area contributed by atoms with Crippen molar-refractivity contribution in [2.45, 2.75) is 20.8 Å². The highest BCUT2D eigenvalue weighted by Gasteiger charge is 2.19. The molecule has 1 amide bonds. The lowest BCUT2D eigenvalue weighted by molar-refractivity contribution is 0.0997. The van der Waals surface area contributed by atoms with E-state index in [1.165, 1.54) is 5.56 Å². The molecule has 2 aromatic heterocycles. The summed E-state index contributed by atoms with van der Waals surface area (Å²) in [6, 6.07) is 18.8. The normalized spacial score (nSPS) is 10.9. The Morgan fingerprint density at radius 2 is 1.72 bits per heavy atom. The Labute approximate surface area is 173 Å². The van der Waals surface area contributed by atoms with Gasteiger partial charge in [0.05, 0.1) is 27.8 Å². The van der Waals surface area contributed by atoms with E-state index in [0.29, 0.717) is 16.5 Å². The van der Waals surface area contributed by atoms with E-state index in [2.05, 4.69) is 10.4 Å². The molecular weight excluding hydrogens is 386 g/mol. The summed E-state index contributed by atoms with van der Waals surface area (Å²) in [5, 5.41) is 8.07. The third-order valence-electron chi connectivity index (χ3n) is 4.78. The van der Waals surface area contributed by atoms with Crippen LogP contribution in [0.4, 0.5) is 5.69 Å². The molecule has 0 unspecified atom stereocenters. The Balaban J connectivity index is 1.60. The van der Waals surface area contributed by atoms with Crippen LogP contribution in [0.5, 0.6) is 0 Å². The molecule has 0 radical (unpaired) electrons. The van der Waals surface area contributed by atoms with Crippen molar-refractivity contribution in [3.05, 3.63) is 88.4 Å². The summed E-state index contributed by atoms with van der Waals surface area (Å²) in [6.07, 6.45) is 0. The molecule has 0 atom stereocenters. The first kappa shape index (κ1) is 19.0. The maximum atomic E-state index is 12.8. The number of carbonyl (C=O) groups excluding carboxylic acids is 1. The first-order valence-corrected chi connectivity index (χ1v) is 9.61. The topological polar surface area (TPSA) is 60.1 Å². The van der Waals surface area contributed by atoms with E-state index in [1.54, 1.807) is 18.2 Å². The Morgan fingerprint density at radius 3 is 2.45 bits per heavy atom. The van der Waals surface area contributed by atoms with Gasteiger partial charge in [0, 0.05) is 5.56 Å². The van der Waals surface area contributed by atoms with Gasteiger partial charge in [0.15, 0.2) is 5.76 Å². The van der Waals surface area contributed by atoms with E-state index < -0.39 is 0 Å². The van der Waals surface area contributed by atoms with Crippen molar-refractivity contribution in [1.82, 2.24) is 9.78 Å². The zero-order valence-corrected chi connectivity index (χ0v) is 17.1. The van der Waals surface area contributed by atoms with Crippen LogP contribution in [0.2, 0.25) is 5.02 Å². The number of amides is 1. The molecule has 0 fully saturated rings. The highest BCUT2D eigenvalue weighted by atomic mass is 35.5. The second-order valence-corrected chi connectivity index (χ2v) is 7.30. The smallest absolute Gasteiger partial charge is 0.291 e. The highest BCUT2D eigenvalue weighted by Crippen LogP contribution is 2.30. The first-order chi connectivity index (χ1) is 13.9. The molecule has 5 nitrogen and oxygen atoms in total. The number of benzene rings is 2. The second-order valence-electron chi connectivity index (χ2n) is 6.89. The van der Waals surface area contributed by atoms with Gasteiger partial charge in [0.25, 0.3) is 5.91 Å². The van der Waals surface area contributed by atoms with Crippen LogP contribution < -0.4 is 5.32 Å². The number of nitrogens with one attached hydrogen (secondary N) is 1. The molecule has 2 aromatic carbocycles. The number of rotatable bonds is 4. The summed E-state index contributed by atoms with van der Waals surface area (Å²) in [4.78, 5) is 12.8. The van der Waals surface area contributed by atoms with Crippen LogP contribution in [-0.4, -0.2) is 15.7 Å². The van der Waals surface area contributed by atoms with E-state index in [9.17, 15) is 4.79 Å². The minimum atomic E-state index is -0.335. The van der Waals surface area contributed by atoms with Crippen molar-refractivity contribution in [3.63, 3.8) is 0 Å². The molecule has 1 N–H and O–H groups in total. The average Bonchev–Trinajstić information content (AvgIpc) is 3.30. The summed E-state index contributed by atoms with van der Waals surface area (Å²) in [5.41, 5.74) is 5.11. The highest BCUT2D eigenvalue weighted by molar-refractivity contribution is 6.33. The summed E-state index contributed by atoms with van der Waals surface area (Å²) < 4.78 is 7.57. The molecule has 0 saturated carbocycles. The number of aromatic nitrogens is 2. The maximum Gasteiger partial charge on any atom is 0.291 e. The lowest BCUT2D eigenvalue weighted by atomic mass is 10.2. The molecule has 6 heteroatoms. The zero-order valence-electron chi connectivity index (χ0n) is 16.4. The van der Waals surface area contributed by atoms with Crippen molar-refractivity contribution in [1.29, 1.82) is 0 Å². The van der Waals surface area contributed by atoms with Gasteiger partial charge in [-0.1, -0.05) is 41.4 Å². The van der Waals surface area contributed by atoms with Gasteiger partial charge >= 0.3 is 0 Å². The van der Waals surface area contributed by atoms with E-state index in [0.717, 1.165) is 22.6 Å². The second kappa shape index (κ2) is 7.60. The first-order valence-electron chi connectivity index (χ1n) is 9.23. The fraction of sp³-hybridized carbons (Fsp3) is 0.130. The van der Waals surface area contributed by atoms with Gasteiger partial charge in [-0.2, -0.15) is 5.10 Å². The lowest BCUT2D eigenvalue weighted by Crippen LogP contribution is -2.12. The van der Waals surface area contributed by atoms with E-state index in [4.69, 9.17) is 16.0 Å². The Bertz CT molecular complexity index is 1190. The predicted octanol–water partition coefficient (Wildman–Crippen LogP) is 5.96. The molecule has 0 bridgehead atoms. The summed E-state index contributed by atoms with van der Waals surface area (Å²) in [5.74, 6) is 0.421. The minimum absolute atomic E-state index is 0.210. The molecule has 29 heavy (non-hydrogen) atoms. The average molecular weight is 406 g/mol. The van der Waals surface area contributed by atoms with Gasteiger partial charge in [-0.15, -0.1) is 0 Å². The van der Waals surface area contributed by atoms with Crippen molar-refractivity contribution >= 4 is 23.2 Å². The zero-order chi connectivity index (χ0) is 20.5. The molecule has 146 valence electrons. The fourth-order valence-electron chi connectivity index (χ4n) is 3.20. The van der Waals surface area contributed by atoms with Crippen molar-refractivity contribution in [3.8, 4) is 17.0 Å². The Kier molecular flexibility index (Phi) is 4.99. The fourth-order valence-corrected chi connectivity index (χ4v) is 3.43. The molecule has 0 aliphatic rings. The van der Waals surface area contributed by atoms with Crippen LogP contribution in [0.15, 0.2) is 65.1 Å². The van der Waals surface area contributed by atoms with E-state index >= 15 is 0 Å². The molecule has 2 heterocycles. The lowest BCUT2D eigenvalue weighted by Gasteiger charge is -2.07. The molecular formula is C23H20ClN3O2. The monoisotopic (exact) mass is 405 g/mol. The molecule has 4 aromatic rings. The number of furan rings is 1. The van der Waals surface area contributed by atoms with Gasteiger partial charge in [-0.05, 0) is 57.2 Å². The number of carbonyl (C=O) groups is 1. The number of nitrogens with zero attached hydrogens (tertiary/aromatic N) is 2. The summed E-state index contributed by atoms with van der Waals surface area (Å²) in [7, 11) is 0. The van der Waals surface area contributed by atoms with Crippen molar-refractivity contribution in [2.24, 2.45) is 0 Å². The molecule has 4 rings (SSSR count). The predicted molar refractivity (Wildman–Crippen MR) is 115 cm³/mol. The van der Waals surface area contributed by atoms with Crippen LogP contribution in [0.25, 0.3) is 17.0 Å². The van der Waals surface area contributed by atoms with Crippen molar-refractivity contribution < 1.29 is 9.21 Å². The quantitative estimate of drug-likeness (QED) is 0.455. The SMILES string of the molecule is Cc1ccc(-n2nc(C)c(NC(=O)c3ccc(-c4ccccc4Cl)o3)c2C)cc1. The number of hydrogen-bond acceptors (Lipinski definition) is 3. The third-order valence-corrected chi connectivity index (χ3v) is 5.11. The molecule has 0 aliphatic heterocycles. The summed E-state index contributed by atoms with van der Waals surface area (Å²) >= 11 is 6.22. The van der Waals surface area contributed by atoms with Gasteiger partial charge in [-0.25, -0.2) is 4.68 Å². The van der Waals surface area contributed by atoms with Crippen LogP contribution in [-0.2, 0) is 0 Å². The summed E-state index contributed by atoms with van der Waals surface area (Å²) in [6.45, 7) is 5.83. The van der Waals surface area contributed by atoms with Gasteiger partial charge in [0.2, 0.25) is 0 Å². The third kappa shape index (κ3) is 3.69. The minimum Gasteiger partial charge on any atom is -0.451 e.